The second kappa shape index (κ2) is 9.42. The largest absolute Gasteiger partial charge is 0.490 e. The summed E-state index contributed by atoms with van der Waals surface area (Å²) in [5.74, 6) is 0.828. The number of aryl methyl sites for hydroxylation is 1. The van der Waals surface area contributed by atoms with Gasteiger partial charge in [0.2, 0.25) is 0 Å². The van der Waals surface area contributed by atoms with E-state index >= 15 is 0 Å². The van der Waals surface area contributed by atoms with Gasteiger partial charge in [-0.25, -0.2) is 0 Å². The molecule has 0 fully saturated rings. The fourth-order valence-corrected chi connectivity index (χ4v) is 2.12. The van der Waals surface area contributed by atoms with Gasteiger partial charge in [0.15, 0.2) is 0 Å². The van der Waals surface area contributed by atoms with Gasteiger partial charge in [0, 0.05) is 6.21 Å². The molecule has 0 unspecified atom stereocenters. The van der Waals surface area contributed by atoms with Crippen LogP contribution in [-0.4, -0.2) is 12.8 Å². The summed E-state index contributed by atoms with van der Waals surface area (Å²) in [7, 11) is 0. The van der Waals surface area contributed by atoms with Crippen LogP contribution in [0, 0.1) is 0 Å². The molecule has 0 amide bonds. The third kappa shape index (κ3) is 5.95. The van der Waals surface area contributed by atoms with Crippen molar-refractivity contribution in [1.29, 1.82) is 0 Å². The lowest BCUT2D eigenvalue weighted by atomic mass is 10.1. The highest BCUT2D eigenvalue weighted by Crippen LogP contribution is 2.18. The van der Waals surface area contributed by atoms with E-state index in [2.05, 4.69) is 54.9 Å². The fourth-order valence-electron chi connectivity index (χ4n) is 2.12. The Morgan fingerprint density at radius 2 is 1.78 bits per heavy atom. The van der Waals surface area contributed by atoms with Crippen molar-refractivity contribution in [3.05, 3.63) is 84.5 Å². The van der Waals surface area contributed by atoms with Gasteiger partial charge in [-0.15, -0.1) is 0 Å². The summed E-state index contributed by atoms with van der Waals surface area (Å²) in [6.07, 6.45) is 10.1. The Morgan fingerprint density at radius 3 is 2.43 bits per heavy atom. The van der Waals surface area contributed by atoms with E-state index < -0.39 is 0 Å². The van der Waals surface area contributed by atoms with Gasteiger partial charge >= 0.3 is 0 Å². The molecule has 2 aromatic carbocycles. The van der Waals surface area contributed by atoms with Gasteiger partial charge in [-0.1, -0.05) is 49.1 Å². The predicted molar refractivity (Wildman–Crippen MR) is 99.0 cm³/mol. The molecule has 2 nitrogen and oxygen atoms in total. The molecule has 0 atom stereocenters. The standard InChI is InChI=1S/C21H23NO/c1-3-5-6-7-18-8-10-19(11-9-18)17-22-20-12-14-21(15-13-20)23-16-4-2/h3-5,8-15,17H,2,6-7,16H2,1H3/b5-3+,22-17?. The van der Waals surface area contributed by atoms with Crippen LogP contribution >= 0.6 is 0 Å². The van der Waals surface area contributed by atoms with Gasteiger partial charge in [-0.2, -0.15) is 0 Å². The molecule has 2 heteroatoms. The number of hydrogen-bond donors (Lipinski definition) is 0. The molecule has 23 heavy (non-hydrogen) atoms. The normalized spacial score (nSPS) is 11.2. The highest BCUT2D eigenvalue weighted by Gasteiger charge is 1.94. The van der Waals surface area contributed by atoms with Crippen LogP contribution in [0.15, 0.2) is 78.3 Å². The van der Waals surface area contributed by atoms with E-state index in [0.717, 1.165) is 29.8 Å². The van der Waals surface area contributed by atoms with E-state index in [1.165, 1.54) is 5.56 Å². The van der Waals surface area contributed by atoms with E-state index in [4.69, 9.17) is 4.74 Å². The summed E-state index contributed by atoms with van der Waals surface area (Å²) in [6, 6.07) is 16.3. The van der Waals surface area contributed by atoms with Crippen LogP contribution in [-0.2, 0) is 6.42 Å². The average Bonchev–Trinajstić information content (AvgIpc) is 2.60. The molecule has 0 aliphatic carbocycles. The average molecular weight is 305 g/mol. The van der Waals surface area contributed by atoms with Gasteiger partial charge in [-0.05, 0) is 55.2 Å². The van der Waals surface area contributed by atoms with Gasteiger partial charge in [0.25, 0.3) is 0 Å². The second-order valence-electron chi connectivity index (χ2n) is 5.20. The number of nitrogens with zero attached hydrogens (tertiary/aromatic N) is 1. The molecule has 2 rings (SSSR count). The van der Waals surface area contributed by atoms with Gasteiger partial charge in [0.1, 0.15) is 12.4 Å². The van der Waals surface area contributed by atoms with E-state index in [9.17, 15) is 0 Å². The lowest BCUT2D eigenvalue weighted by Gasteiger charge is -2.02. The molecule has 118 valence electrons. The van der Waals surface area contributed by atoms with Crippen LogP contribution in [0.25, 0.3) is 0 Å². The first-order valence-electron chi connectivity index (χ1n) is 7.89. The number of ether oxygens (including phenoxy) is 1. The first kappa shape index (κ1) is 16.8. The Morgan fingerprint density at radius 1 is 1.04 bits per heavy atom. The Labute approximate surface area is 138 Å². The van der Waals surface area contributed by atoms with E-state index in [1.807, 2.05) is 30.5 Å². The van der Waals surface area contributed by atoms with Crippen LogP contribution in [0.1, 0.15) is 24.5 Å². The van der Waals surface area contributed by atoms with Gasteiger partial charge in [0.05, 0.1) is 5.69 Å². The second-order valence-corrected chi connectivity index (χ2v) is 5.20. The Kier molecular flexibility index (Phi) is 6.86. The van der Waals surface area contributed by atoms with Crippen molar-refractivity contribution in [2.24, 2.45) is 4.99 Å². The van der Waals surface area contributed by atoms with E-state index in [0.29, 0.717) is 6.61 Å². The summed E-state index contributed by atoms with van der Waals surface area (Å²) >= 11 is 0. The summed E-state index contributed by atoms with van der Waals surface area (Å²) in [5, 5.41) is 0. The van der Waals surface area contributed by atoms with Crippen molar-refractivity contribution >= 4 is 11.9 Å². The number of rotatable bonds is 8. The SMILES string of the molecule is C=CCOc1ccc(N=Cc2ccc(CC/C=C/C)cc2)cc1. The zero-order valence-corrected chi connectivity index (χ0v) is 13.6. The molecular formula is C21H23NO. The number of benzene rings is 2. The number of hydrogen-bond acceptors (Lipinski definition) is 2. The molecule has 0 saturated heterocycles. The van der Waals surface area contributed by atoms with Crippen LogP contribution < -0.4 is 4.74 Å². The molecule has 0 heterocycles. The van der Waals surface area contributed by atoms with Crippen molar-refractivity contribution in [2.45, 2.75) is 19.8 Å². The fraction of sp³-hybridized carbons (Fsp3) is 0.190. The quantitative estimate of drug-likeness (QED) is 0.465. The molecule has 0 aromatic heterocycles. The van der Waals surface area contributed by atoms with E-state index in [-0.39, 0.29) is 0 Å². The Hall–Kier alpha value is -2.61. The lowest BCUT2D eigenvalue weighted by molar-refractivity contribution is 0.363. The van der Waals surface area contributed by atoms with Crippen LogP contribution in [0.4, 0.5) is 5.69 Å². The first-order valence-corrected chi connectivity index (χ1v) is 7.89. The first-order chi connectivity index (χ1) is 11.3. The topological polar surface area (TPSA) is 21.6 Å². The number of aliphatic imine (C=N–C) groups is 1. The highest BCUT2D eigenvalue weighted by atomic mass is 16.5. The third-order valence-corrected chi connectivity index (χ3v) is 3.38. The summed E-state index contributed by atoms with van der Waals surface area (Å²) in [5.41, 5.74) is 3.36. The summed E-state index contributed by atoms with van der Waals surface area (Å²) < 4.78 is 5.45. The minimum atomic E-state index is 0.517. The molecular weight excluding hydrogens is 282 g/mol. The molecule has 0 aliphatic rings. The van der Waals surface area contributed by atoms with Crippen molar-refractivity contribution in [1.82, 2.24) is 0 Å². The van der Waals surface area contributed by atoms with Crippen LogP contribution in [0.5, 0.6) is 5.75 Å². The van der Waals surface area contributed by atoms with Crippen LogP contribution in [0.3, 0.4) is 0 Å². The maximum Gasteiger partial charge on any atom is 0.119 e. The molecule has 0 saturated carbocycles. The predicted octanol–water partition coefficient (Wildman–Crippen LogP) is 5.51. The minimum absolute atomic E-state index is 0.517. The zero-order valence-electron chi connectivity index (χ0n) is 13.6. The molecule has 0 radical (unpaired) electrons. The Balaban J connectivity index is 1.92. The van der Waals surface area contributed by atoms with Crippen molar-refractivity contribution in [3.63, 3.8) is 0 Å². The molecule has 0 N–H and O–H groups in total. The van der Waals surface area contributed by atoms with Crippen molar-refractivity contribution in [2.75, 3.05) is 6.61 Å². The van der Waals surface area contributed by atoms with Crippen LogP contribution in [0.2, 0.25) is 0 Å². The maximum atomic E-state index is 5.45. The molecule has 2 aromatic rings. The summed E-state index contributed by atoms with van der Waals surface area (Å²) in [6.45, 7) is 6.20. The highest BCUT2D eigenvalue weighted by molar-refractivity contribution is 5.81. The third-order valence-electron chi connectivity index (χ3n) is 3.38. The smallest absolute Gasteiger partial charge is 0.119 e. The summed E-state index contributed by atoms with van der Waals surface area (Å²) in [4.78, 5) is 4.49. The van der Waals surface area contributed by atoms with Gasteiger partial charge in [-0.3, -0.25) is 4.99 Å². The molecule has 0 spiro atoms. The number of allylic oxidation sites excluding steroid dienone is 2. The zero-order chi connectivity index (χ0) is 16.3. The Bertz CT molecular complexity index is 651. The van der Waals surface area contributed by atoms with E-state index in [1.54, 1.807) is 6.08 Å². The van der Waals surface area contributed by atoms with Crippen molar-refractivity contribution in [3.8, 4) is 5.75 Å². The maximum absolute atomic E-state index is 5.45. The molecule has 0 bridgehead atoms. The lowest BCUT2D eigenvalue weighted by Crippen LogP contribution is -1.91. The molecule has 0 aliphatic heterocycles. The monoisotopic (exact) mass is 305 g/mol. The van der Waals surface area contributed by atoms with Gasteiger partial charge < -0.3 is 4.74 Å². The van der Waals surface area contributed by atoms with Crippen molar-refractivity contribution < 1.29 is 4.74 Å². The minimum Gasteiger partial charge on any atom is -0.490 e.